The lowest BCUT2D eigenvalue weighted by Gasteiger charge is -2.07. The van der Waals surface area contributed by atoms with Gasteiger partial charge < -0.3 is 14.6 Å². The van der Waals surface area contributed by atoms with Crippen LogP contribution in [0.4, 0.5) is 0 Å². The van der Waals surface area contributed by atoms with E-state index in [9.17, 15) is 0 Å². The molecule has 0 spiro atoms. The zero-order valence-electron chi connectivity index (χ0n) is 10.3. The minimum atomic E-state index is -0.0645. The summed E-state index contributed by atoms with van der Waals surface area (Å²) in [6.45, 7) is -0.0645. The molecular formula is C14H12N2O3. The molecule has 5 nitrogen and oxygen atoms in total. The van der Waals surface area contributed by atoms with Crippen molar-refractivity contribution in [3.63, 3.8) is 0 Å². The van der Waals surface area contributed by atoms with Crippen LogP contribution in [0.1, 0.15) is 11.1 Å². The van der Waals surface area contributed by atoms with Crippen molar-refractivity contribution in [3.05, 3.63) is 47.7 Å². The topological polar surface area (TPSA) is 75.4 Å². The number of aliphatic hydroxyl groups is 1. The van der Waals surface area contributed by atoms with E-state index in [2.05, 4.69) is 4.98 Å². The van der Waals surface area contributed by atoms with Crippen molar-refractivity contribution in [1.29, 1.82) is 5.26 Å². The van der Waals surface area contributed by atoms with Gasteiger partial charge in [0.05, 0.1) is 25.3 Å². The molecule has 2 aromatic rings. The third kappa shape index (κ3) is 3.21. The quantitative estimate of drug-likeness (QED) is 0.907. The number of methoxy groups -OCH3 is 1. The maximum Gasteiger partial charge on any atom is 0.219 e. The molecule has 0 bridgehead atoms. The number of rotatable bonds is 4. The van der Waals surface area contributed by atoms with Crippen LogP contribution in [0.25, 0.3) is 0 Å². The van der Waals surface area contributed by atoms with Gasteiger partial charge in [0.2, 0.25) is 5.88 Å². The van der Waals surface area contributed by atoms with E-state index in [0.29, 0.717) is 28.5 Å². The van der Waals surface area contributed by atoms with E-state index in [0.717, 1.165) is 0 Å². The Hall–Kier alpha value is -2.58. The van der Waals surface area contributed by atoms with Gasteiger partial charge in [-0.25, -0.2) is 4.98 Å². The summed E-state index contributed by atoms with van der Waals surface area (Å²) in [4.78, 5) is 4.05. The molecule has 0 fully saturated rings. The first-order valence-electron chi connectivity index (χ1n) is 5.58. The Morgan fingerprint density at radius 2 is 2.05 bits per heavy atom. The summed E-state index contributed by atoms with van der Waals surface area (Å²) in [5.74, 6) is 1.40. The van der Waals surface area contributed by atoms with Gasteiger partial charge in [0, 0.05) is 18.3 Å². The van der Waals surface area contributed by atoms with E-state index >= 15 is 0 Å². The maximum absolute atomic E-state index is 8.92. The second-order valence-corrected chi connectivity index (χ2v) is 3.77. The van der Waals surface area contributed by atoms with Crippen LogP contribution in [-0.4, -0.2) is 17.2 Å². The van der Waals surface area contributed by atoms with Gasteiger partial charge >= 0.3 is 0 Å². The van der Waals surface area contributed by atoms with Crippen LogP contribution in [0.3, 0.4) is 0 Å². The van der Waals surface area contributed by atoms with Crippen LogP contribution >= 0.6 is 0 Å². The fourth-order valence-corrected chi connectivity index (χ4v) is 1.50. The molecule has 0 amide bonds. The minimum absolute atomic E-state index is 0.0645. The van der Waals surface area contributed by atoms with Crippen molar-refractivity contribution < 1.29 is 14.6 Å². The first-order chi connectivity index (χ1) is 9.25. The highest BCUT2D eigenvalue weighted by molar-refractivity contribution is 5.44. The zero-order chi connectivity index (χ0) is 13.7. The lowest BCUT2D eigenvalue weighted by atomic mass is 10.2. The zero-order valence-corrected chi connectivity index (χ0v) is 10.3. The van der Waals surface area contributed by atoms with Gasteiger partial charge in [-0.05, 0) is 23.8 Å². The summed E-state index contributed by atoms with van der Waals surface area (Å²) in [6.07, 6.45) is 1.53. The van der Waals surface area contributed by atoms with Crippen molar-refractivity contribution >= 4 is 0 Å². The van der Waals surface area contributed by atoms with Crippen LogP contribution in [0.2, 0.25) is 0 Å². The van der Waals surface area contributed by atoms with Crippen LogP contribution in [-0.2, 0) is 6.61 Å². The van der Waals surface area contributed by atoms with E-state index in [-0.39, 0.29) is 6.61 Å². The molecule has 0 aliphatic rings. The number of nitriles is 1. The Kier molecular flexibility index (Phi) is 3.96. The lowest BCUT2D eigenvalue weighted by molar-refractivity contribution is 0.281. The summed E-state index contributed by atoms with van der Waals surface area (Å²) in [7, 11) is 1.52. The molecule has 0 aliphatic heterocycles. The SMILES string of the molecule is COc1cc(C#N)cc(Oc2ccc(CO)cn2)c1. The molecule has 0 saturated carbocycles. The van der Waals surface area contributed by atoms with E-state index in [4.69, 9.17) is 19.8 Å². The Morgan fingerprint density at radius 3 is 2.63 bits per heavy atom. The largest absolute Gasteiger partial charge is 0.497 e. The van der Waals surface area contributed by atoms with Crippen LogP contribution in [0.15, 0.2) is 36.5 Å². The number of hydrogen-bond donors (Lipinski definition) is 1. The van der Waals surface area contributed by atoms with Crippen molar-refractivity contribution in [1.82, 2.24) is 4.98 Å². The second kappa shape index (κ2) is 5.85. The van der Waals surface area contributed by atoms with Gasteiger partial charge in [0.1, 0.15) is 11.5 Å². The summed E-state index contributed by atoms with van der Waals surface area (Å²) in [5, 5.41) is 17.8. The molecule has 0 radical (unpaired) electrons. The minimum Gasteiger partial charge on any atom is -0.497 e. The smallest absolute Gasteiger partial charge is 0.219 e. The molecule has 1 N–H and O–H groups in total. The summed E-state index contributed by atoms with van der Waals surface area (Å²) in [5.41, 5.74) is 1.15. The average Bonchev–Trinajstić information content (AvgIpc) is 2.47. The van der Waals surface area contributed by atoms with Crippen LogP contribution < -0.4 is 9.47 Å². The van der Waals surface area contributed by atoms with E-state index in [1.807, 2.05) is 6.07 Å². The Balaban J connectivity index is 2.24. The fraction of sp³-hybridized carbons (Fsp3) is 0.143. The predicted octanol–water partition coefficient (Wildman–Crippen LogP) is 2.25. The monoisotopic (exact) mass is 256 g/mol. The maximum atomic E-state index is 8.92. The van der Waals surface area contributed by atoms with Gasteiger partial charge in [-0.2, -0.15) is 5.26 Å². The van der Waals surface area contributed by atoms with Crippen molar-refractivity contribution in [2.75, 3.05) is 7.11 Å². The molecule has 0 saturated heterocycles. The summed E-state index contributed by atoms with van der Waals surface area (Å²) < 4.78 is 10.6. The van der Waals surface area contributed by atoms with Crippen molar-refractivity contribution in [2.45, 2.75) is 6.61 Å². The normalized spacial score (nSPS) is 9.74. The molecule has 19 heavy (non-hydrogen) atoms. The highest BCUT2D eigenvalue weighted by Gasteiger charge is 2.04. The van der Waals surface area contributed by atoms with Crippen molar-refractivity contribution in [3.8, 4) is 23.4 Å². The molecular weight excluding hydrogens is 244 g/mol. The third-order valence-electron chi connectivity index (χ3n) is 2.45. The van der Waals surface area contributed by atoms with Crippen molar-refractivity contribution in [2.24, 2.45) is 0 Å². The number of benzene rings is 1. The molecule has 1 aromatic heterocycles. The fourth-order valence-electron chi connectivity index (χ4n) is 1.50. The molecule has 1 heterocycles. The molecule has 2 rings (SSSR count). The Morgan fingerprint density at radius 1 is 1.26 bits per heavy atom. The standard InChI is InChI=1S/C14H12N2O3/c1-18-12-4-11(7-15)5-13(6-12)19-14-3-2-10(9-17)8-16-14/h2-6,8,17H,9H2,1H3. The molecule has 0 atom stereocenters. The van der Waals surface area contributed by atoms with Gasteiger partial charge in [-0.15, -0.1) is 0 Å². The molecule has 5 heteroatoms. The number of hydrogen-bond acceptors (Lipinski definition) is 5. The number of aromatic nitrogens is 1. The Bertz CT molecular complexity index is 603. The Labute approximate surface area is 110 Å². The van der Waals surface area contributed by atoms with Gasteiger partial charge in [0.25, 0.3) is 0 Å². The highest BCUT2D eigenvalue weighted by Crippen LogP contribution is 2.26. The third-order valence-corrected chi connectivity index (χ3v) is 2.45. The van der Waals surface area contributed by atoms with Crippen LogP contribution in [0, 0.1) is 11.3 Å². The molecule has 0 aliphatic carbocycles. The first-order valence-corrected chi connectivity index (χ1v) is 5.58. The average molecular weight is 256 g/mol. The number of nitrogens with zero attached hydrogens (tertiary/aromatic N) is 2. The number of aliphatic hydroxyl groups excluding tert-OH is 1. The number of pyridine rings is 1. The van der Waals surface area contributed by atoms with E-state index in [1.54, 1.807) is 30.3 Å². The first kappa shape index (κ1) is 12.9. The second-order valence-electron chi connectivity index (χ2n) is 3.77. The summed E-state index contributed by atoms with van der Waals surface area (Å²) in [6, 6.07) is 10.3. The van der Waals surface area contributed by atoms with Crippen LogP contribution in [0.5, 0.6) is 17.4 Å². The van der Waals surface area contributed by atoms with E-state index in [1.165, 1.54) is 13.3 Å². The van der Waals surface area contributed by atoms with Gasteiger partial charge in [-0.3, -0.25) is 0 Å². The van der Waals surface area contributed by atoms with Gasteiger partial charge in [-0.1, -0.05) is 0 Å². The highest BCUT2D eigenvalue weighted by atomic mass is 16.5. The summed E-state index contributed by atoms with van der Waals surface area (Å²) >= 11 is 0. The molecule has 96 valence electrons. The lowest BCUT2D eigenvalue weighted by Crippen LogP contribution is -1.92. The predicted molar refractivity (Wildman–Crippen MR) is 67.9 cm³/mol. The van der Waals surface area contributed by atoms with Gasteiger partial charge in [0.15, 0.2) is 0 Å². The molecule has 1 aromatic carbocycles. The van der Waals surface area contributed by atoms with E-state index < -0.39 is 0 Å². The number of ether oxygens (including phenoxy) is 2. The molecule has 0 unspecified atom stereocenters.